The van der Waals surface area contributed by atoms with Crippen LogP contribution in [0.5, 0.6) is 0 Å². The van der Waals surface area contributed by atoms with Crippen molar-refractivity contribution in [3.05, 3.63) is 71.8 Å². The highest BCUT2D eigenvalue weighted by Gasteiger charge is 2.37. The Kier molecular flexibility index (Phi) is 9.05. The number of hydrogen-bond acceptors (Lipinski definition) is 7. The first-order valence-electron chi connectivity index (χ1n) is 11.1. The molecule has 0 radical (unpaired) electrons. The van der Waals surface area contributed by atoms with Gasteiger partial charge in [-0.3, -0.25) is 9.59 Å². The third-order valence-electron chi connectivity index (χ3n) is 5.57. The fourth-order valence-electron chi connectivity index (χ4n) is 3.35. The molecule has 2 fully saturated rings. The van der Waals surface area contributed by atoms with Gasteiger partial charge < -0.3 is 29.1 Å². The molecule has 2 aliphatic heterocycles. The van der Waals surface area contributed by atoms with E-state index in [1.54, 1.807) is 0 Å². The second kappa shape index (κ2) is 12.4. The van der Waals surface area contributed by atoms with E-state index in [0.29, 0.717) is 13.1 Å². The first-order chi connectivity index (χ1) is 16.9. The first-order valence-corrected chi connectivity index (χ1v) is 11.1. The maximum Gasteiger partial charge on any atom is 0.410 e. The molecule has 0 spiro atoms. The number of benzene rings is 2. The quantitative estimate of drug-likeness (QED) is 0.491. The monoisotopic (exact) mass is 484 g/mol. The molecule has 1 N–H and O–H groups in total. The van der Waals surface area contributed by atoms with Crippen molar-refractivity contribution in [3.8, 4) is 0 Å². The van der Waals surface area contributed by atoms with Gasteiger partial charge in [0, 0.05) is 26.2 Å². The van der Waals surface area contributed by atoms with Gasteiger partial charge in [-0.25, -0.2) is 9.59 Å². The zero-order valence-corrected chi connectivity index (χ0v) is 19.4. The predicted octanol–water partition coefficient (Wildman–Crippen LogP) is 2.77. The number of hydrogen-bond donors (Lipinski definition) is 1. The van der Waals surface area contributed by atoms with E-state index in [9.17, 15) is 19.2 Å². The molecular formula is C25H28N2O8. The number of ether oxygens (including phenoxy) is 3. The largest absolute Gasteiger partial charge is 0.481 e. The molecule has 2 amide bonds. The predicted molar refractivity (Wildman–Crippen MR) is 123 cm³/mol. The zero-order valence-electron chi connectivity index (χ0n) is 19.4. The summed E-state index contributed by atoms with van der Waals surface area (Å²) in [7, 11) is 1.35. The highest BCUT2D eigenvalue weighted by atomic mass is 16.6. The highest BCUT2D eigenvalue weighted by Crippen LogP contribution is 2.18. The molecule has 0 atom stereocenters. The van der Waals surface area contributed by atoms with Crippen molar-refractivity contribution in [1.82, 2.24) is 9.80 Å². The van der Waals surface area contributed by atoms with Crippen molar-refractivity contribution in [1.29, 1.82) is 0 Å². The normalized spacial score (nSPS) is 15.0. The number of rotatable bonds is 6. The number of methoxy groups -OCH3 is 1. The van der Waals surface area contributed by atoms with Gasteiger partial charge in [-0.05, 0) is 11.1 Å². The van der Waals surface area contributed by atoms with E-state index < -0.39 is 18.0 Å². The molecule has 10 heteroatoms. The van der Waals surface area contributed by atoms with Gasteiger partial charge in [-0.15, -0.1) is 0 Å². The molecule has 35 heavy (non-hydrogen) atoms. The van der Waals surface area contributed by atoms with Gasteiger partial charge in [0.25, 0.3) is 0 Å². The van der Waals surface area contributed by atoms with Gasteiger partial charge in [0.1, 0.15) is 13.2 Å². The fraction of sp³-hybridized carbons (Fsp3) is 0.360. The number of carbonyl (C=O) groups is 4. The molecule has 0 bridgehead atoms. The topological polar surface area (TPSA) is 123 Å². The van der Waals surface area contributed by atoms with Crippen molar-refractivity contribution < 1.29 is 38.5 Å². The maximum atomic E-state index is 11.6. The van der Waals surface area contributed by atoms with Crippen LogP contribution in [0.4, 0.5) is 9.59 Å². The van der Waals surface area contributed by atoms with Crippen LogP contribution in [0, 0.1) is 11.8 Å². The minimum atomic E-state index is -0.864. The summed E-state index contributed by atoms with van der Waals surface area (Å²) in [4.78, 5) is 47.7. The molecule has 4 rings (SSSR count). The summed E-state index contributed by atoms with van der Waals surface area (Å²) in [5.41, 5.74) is 1.85. The standard InChI is InChI=1S/C13H15NO4.C12H13NO4/c1-17-12(15)11-7-14(8-11)13(16)18-9-10-5-3-2-4-6-10;14-11(15)10-6-13(7-10)12(16)17-8-9-4-2-1-3-5-9/h2-6,11H,7-9H2,1H3;1-5,10H,6-8H2,(H,14,15). The van der Waals surface area contributed by atoms with Crippen LogP contribution in [0.1, 0.15) is 11.1 Å². The molecule has 0 aromatic heterocycles. The second-order valence-corrected chi connectivity index (χ2v) is 8.15. The lowest BCUT2D eigenvalue weighted by molar-refractivity contribution is -0.150. The Morgan fingerprint density at radius 2 is 1.14 bits per heavy atom. The summed E-state index contributed by atoms with van der Waals surface area (Å²) in [6.07, 6.45) is -0.842. The van der Waals surface area contributed by atoms with E-state index >= 15 is 0 Å². The average molecular weight is 485 g/mol. The number of carboxylic acid groups (broad SMARTS) is 1. The molecule has 10 nitrogen and oxygen atoms in total. The van der Waals surface area contributed by atoms with Crippen LogP contribution in [0.2, 0.25) is 0 Å². The molecule has 2 aromatic rings. The number of likely N-dealkylation sites (tertiary alicyclic amines) is 2. The van der Waals surface area contributed by atoms with Crippen LogP contribution in [-0.2, 0) is 37.0 Å². The highest BCUT2D eigenvalue weighted by molar-refractivity contribution is 5.78. The fourth-order valence-corrected chi connectivity index (χ4v) is 3.35. The molecule has 0 saturated carbocycles. The minimum absolute atomic E-state index is 0.209. The van der Waals surface area contributed by atoms with Crippen molar-refractivity contribution in [2.75, 3.05) is 33.3 Å². The molecule has 2 heterocycles. The zero-order chi connectivity index (χ0) is 25.2. The van der Waals surface area contributed by atoms with Gasteiger partial charge >= 0.3 is 24.1 Å². The Morgan fingerprint density at radius 1 is 0.743 bits per heavy atom. The molecular weight excluding hydrogens is 456 g/mol. The number of nitrogens with zero attached hydrogens (tertiary/aromatic N) is 2. The van der Waals surface area contributed by atoms with E-state index in [0.717, 1.165) is 11.1 Å². The van der Waals surface area contributed by atoms with Crippen molar-refractivity contribution in [2.45, 2.75) is 13.2 Å². The van der Waals surface area contributed by atoms with Gasteiger partial charge in [-0.1, -0.05) is 60.7 Å². The van der Waals surface area contributed by atoms with Crippen LogP contribution in [0.3, 0.4) is 0 Å². The number of amides is 2. The summed E-state index contributed by atoms with van der Waals surface area (Å²) in [6.45, 7) is 1.69. The smallest absolute Gasteiger partial charge is 0.410 e. The minimum Gasteiger partial charge on any atom is -0.481 e. The Labute approximate surface area is 203 Å². The molecule has 0 aliphatic carbocycles. The third-order valence-corrected chi connectivity index (χ3v) is 5.57. The van der Waals surface area contributed by atoms with Gasteiger partial charge in [0.2, 0.25) is 0 Å². The third kappa shape index (κ3) is 7.46. The molecule has 2 saturated heterocycles. The van der Waals surface area contributed by atoms with Crippen LogP contribution in [0.15, 0.2) is 60.7 Å². The van der Waals surface area contributed by atoms with E-state index in [4.69, 9.17) is 14.6 Å². The molecule has 2 aliphatic rings. The summed E-state index contributed by atoms with van der Waals surface area (Å²) in [5.74, 6) is -1.79. The number of carboxylic acids is 1. The van der Waals surface area contributed by atoms with E-state index in [1.807, 2.05) is 60.7 Å². The first kappa shape index (κ1) is 25.5. The van der Waals surface area contributed by atoms with Crippen LogP contribution in [0.25, 0.3) is 0 Å². The number of aliphatic carboxylic acids is 1. The van der Waals surface area contributed by atoms with Crippen LogP contribution >= 0.6 is 0 Å². The molecule has 186 valence electrons. The Balaban J connectivity index is 0.000000196. The second-order valence-electron chi connectivity index (χ2n) is 8.15. The van der Waals surface area contributed by atoms with Gasteiger partial charge in [0.05, 0.1) is 18.9 Å². The van der Waals surface area contributed by atoms with E-state index in [-0.39, 0.29) is 44.3 Å². The van der Waals surface area contributed by atoms with Crippen molar-refractivity contribution in [3.63, 3.8) is 0 Å². The maximum absolute atomic E-state index is 11.6. The number of carbonyl (C=O) groups excluding carboxylic acids is 3. The summed E-state index contributed by atoms with van der Waals surface area (Å²) < 4.78 is 14.8. The van der Waals surface area contributed by atoms with Crippen LogP contribution < -0.4 is 0 Å². The lowest BCUT2D eigenvalue weighted by Crippen LogP contribution is -2.53. The van der Waals surface area contributed by atoms with E-state index in [2.05, 4.69) is 4.74 Å². The Bertz CT molecular complexity index is 1000. The average Bonchev–Trinajstić information content (AvgIpc) is 2.81. The van der Waals surface area contributed by atoms with Gasteiger partial charge in [0.15, 0.2) is 0 Å². The molecule has 0 unspecified atom stereocenters. The summed E-state index contributed by atoms with van der Waals surface area (Å²) in [6, 6.07) is 18.8. The van der Waals surface area contributed by atoms with Crippen LogP contribution in [-0.4, -0.2) is 72.3 Å². The summed E-state index contributed by atoms with van der Waals surface area (Å²) >= 11 is 0. The van der Waals surface area contributed by atoms with Crippen molar-refractivity contribution >= 4 is 24.1 Å². The van der Waals surface area contributed by atoms with Gasteiger partial charge in [-0.2, -0.15) is 0 Å². The molecule has 2 aromatic carbocycles. The lowest BCUT2D eigenvalue weighted by atomic mass is 10.0. The number of esters is 1. The Morgan fingerprint density at radius 3 is 1.51 bits per heavy atom. The SMILES string of the molecule is COC(=O)C1CN(C(=O)OCc2ccccc2)C1.O=C(O)C1CN(C(=O)OCc2ccccc2)C1. The van der Waals surface area contributed by atoms with Crippen molar-refractivity contribution in [2.24, 2.45) is 11.8 Å². The Hall–Kier alpha value is -4.08. The lowest BCUT2D eigenvalue weighted by Gasteiger charge is -2.36. The van der Waals surface area contributed by atoms with E-state index in [1.165, 1.54) is 16.9 Å². The summed E-state index contributed by atoms with van der Waals surface area (Å²) in [5, 5.41) is 8.66.